The van der Waals surface area contributed by atoms with Gasteiger partial charge in [0.15, 0.2) is 0 Å². The van der Waals surface area contributed by atoms with E-state index in [1.165, 1.54) is 0 Å². The minimum Gasteiger partial charge on any atom is -0.463 e. The summed E-state index contributed by atoms with van der Waals surface area (Å²) in [5.41, 5.74) is 6.76. The summed E-state index contributed by atoms with van der Waals surface area (Å²) in [6.07, 6.45) is 0. The molecule has 4 N–H and O–H groups in total. The molecule has 0 unspecified atom stereocenters. The van der Waals surface area contributed by atoms with E-state index in [9.17, 15) is 9.59 Å². The number of urea groups is 1. The van der Waals surface area contributed by atoms with E-state index in [0.29, 0.717) is 31.0 Å². The normalized spacial score (nSPS) is 15.8. The first-order valence-corrected chi connectivity index (χ1v) is 7.11. The number of rotatable bonds is 7. The Morgan fingerprint density at radius 1 is 1.48 bits per heavy atom. The van der Waals surface area contributed by atoms with Gasteiger partial charge in [-0.05, 0) is 25.9 Å². The van der Waals surface area contributed by atoms with E-state index in [1.54, 1.807) is 6.92 Å². The van der Waals surface area contributed by atoms with Gasteiger partial charge in [0.1, 0.15) is 0 Å². The van der Waals surface area contributed by atoms with E-state index >= 15 is 0 Å². The van der Waals surface area contributed by atoms with Gasteiger partial charge in [0.05, 0.1) is 18.7 Å². The first-order valence-electron chi connectivity index (χ1n) is 7.11. The number of amides is 2. The van der Waals surface area contributed by atoms with Crippen LogP contribution >= 0.6 is 0 Å². The smallest absolute Gasteiger partial charge is 0.337 e. The molecule has 0 aromatic rings. The van der Waals surface area contributed by atoms with Crippen molar-refractivity contribution in [2.75, 3.05) is 39.8 Å². The molecule has 0 aromatic carbocycles. The van der Waals surface area contributed by atoms with Crippen molar-refractivity contribution >= 4 is 12.0 Å². The third kappa shape index (κ3) is 5.35. The third-order valence-electron chi connectivity index (χ3n) is 3.25. The zero-order valence-corrected chi connectivity index (χ0v) is 13.3. The second-order valence-electron chi connectivity index (χ2n) is 6.03. The van der Waals surface area contributed by atoms with Gasteiger partial charge in [-0.15, -0.1) is 0 Å². The standard InChI is InChI=1S/C14H26N4O3/c1-5-21-12(19)10-6-16-13(20)17-11(10)7-18(4)9-14(2,3)8-15/h5-9,15H2,1-4H3,(H2,16,17,20). The second kappa shape index (κ2) is 7.42. The number of hydrogen-bond acceptors (Lipinski definition) is 5. The molecule has 0 radical (unpaired) electrons. The summed E-state index contributed by atoms with van der Waals surface area (Å²) in [6.45, 7) is 8.18. The van der Waals surface area contributed by atoms with Gasteiger partial charge in [0, 0.05) is 18.8 Å². The molecule has 2 amide bonds. The fourth-order valence-corrected chi connectivity index (χ4v) is 2.20. The Balaban J connectivity index is 2.82. The minimum atomic E-state index is -0.397. The lowest BCUT2D eigenvalue weighted by Gasteiger charge is -2.31. The van der Waals surface area contributed by atoms with Crippen LogP contribution < -0.4 is 16.4 Å². The molecule has 21 heavy (non-hydrogen) atoms. The first-order chi connectivity index (χ1) is 9.79. The van der Waals surface area contributed by atoms with Crippen molar-refractivity contribution in [2.24, 2.45) is 11.1 Å². The molecule has 1 aliphatic heterocycles. The number of nitrogens with two attached hydrogens (primary N) is 1. The Kier molecular flexibility index (Phi) is 6.17. The van der Waals surface area contributed by atoms with Gasteiger partial charge in [-0.1, -0.05) is 13.8 Å². The summed E-state index contributed by atoms with van der Waals surface area (Å²) in [5, 5.41) is 5.28. The van der Waals surface area contributed by atoms with E-state index < -0.39 is 5.97 Å². The molecule has 0 saturated carbocycles. The van der Waals surface area contributed by atoms with Crippen molar-refractivity contribution in [3.63, 3.8) is 0 Å². The van der Waals surface area contributed by atoms with Crippen LogP contribution in [0.4, 0.5) is 4.79 Å². The predicted octanol–water partition coefficient (Wildman–Crippen LogP) is 0.0331. The Morgan fingerprint density at radius 2 is 2.14 bits per heavy atom. The summed E-state index contributed by atoms with van der Waals surface area (Å²) in [4.78, 5) is 25.4. The van der Waals surface area contributed by atoms with Crippen LogP contribution in [0.15, 0.2) is 11.3 Å². The summed E-state index contributed by atoms with van der Waals surface area (Å²) in [6, 6.07) is -0.301. The van der Waals surface area contributed by atoms with Crippen LogP contribution in [0.3, 0.4) is 0 Å². The summed E-state index contributed by atoms with van der Waals surface area (Å²) >= 11 is 0. The van der Waals surface area contributed by atoms with E-state index in [4.69, 9.17) is 10.5 Å². The largest absolute Gasteiger partial charge is 0.463 e. The number of carbonyl (C=O) groups is 2. The van der Waals surface area contributed by atoms with E-state index in [1.807, 2.05) is 11.9 Å². The molecular weight excluding hydrogens is 272 g/mol. The summed E-state index contributed by atoms with van der Waals surface area (Å²) in [5.74, 6) is -0.397. The van der Waals surface area contributed by atoms with Gasteiger partial charge in [-0.2, -0.15) is 0 Å². The van der Waals surface area contributed by atoms with Crippen LogP contribution in [0.2, 0.25) is 0 Å². The maximum absolute atomic E-state index is 11.9. The van der Waals surface area contributed by atoms with Gasteiger partial charge in [0.2, 0.25) is 0 Å². The zero-order valence-electron chi connectivity index (χ0n) is 13.3. The van der Waals surface area contributed by atoms with E-state index in [0.717, 1.165) is 6.54 Å². The molecule has 1 rings (SSSR count). The van der Waals surface area contributed by atoms with Crippen molar-refractivity contribution in [2.45, 2.75) is 20.8 Å². The van der Waals surface area contributed by atoms with Crippen molar-refractivity contribution < 1.29 is 14.3 Å². The molecule has 7 heteroatoms. The topological polar surface area (TPSA) is 96.7 Å². The lowest BCUT2D eigenvalue weighted by Crippen LogP contribution is -2.47. The van der Waals surface area contributed by atoms with Crippen molar-refractivity contribution in [3.8, 4) is 0 Å². The van der Waals surface area contributed by atoms with Crippen LogP contribution in [0.1, 0.15) is 20.8 Å². The van der Waals surface area contributed by atoms with Gasteiger partial charge in [0.25, 0.3) is 0 Å². The van der Waals surface area contributed by atoms with Crippen LogP contribution in [0, 0.1) is 5.41 Å². The fourth-order valence-electron chi connectivity index (χ4n) is 2.20. The van der Waals surface area contributed by atoms with E-state index in [-0.39, 0.29) is 18.0 Å². The van der Waals surface area contributed by atoms with Crippen LogP contribution in [-0.4, -0.2) is 56.7 Å². The number of hydrogen-bond donors (Lipinski definition) is 3. The molecule has 0 aliphatic carbocycles. The average molecular weight is 298 g/mol. The number of carbonyl (C=O) groups excluding carboxylic acids is 2. The van der Waals surface area contributed by atoms with Crippen LogP contribution in [-0.2, 0) is 9.53 Å². The number of esters is 1. The minimum absolute atomic E-state index is 0.0314. The van der Waals surface area contributed by atoms with Crippen molar-refractivity contribution in [3.05, 3.63) is 11.3 Å². The highest BCUT2D eigenvalue weighted by Crippen LogP contribution is 2.16. The number of likely N-dealkylation sites (N-methyl/N-ethyl adjacent to an activating group) is 1. The highest BCUT2D eigenvalue weighted by atomic mass is 16.5. The van der Waals surface area contributed by atoms with Crippen LogP contribution in [0.5, 0.6) is 0 Å². The molecule has 0 fully saturated rings. The summed E-state index contributed by atoms with van der Waals surface area (Å²) < 4.78 is 5.02. The van der Waals surface area contributed by atoms with E-state index in [2.05, 4.69) is 24.5 Å². The molecule has 1 heterocycles. The average Bonchev–Trinajstić information content (AvgIpc) is 2.38. The highest BCUT2D eigenvalue weighted by Gasteiger charge is 2.25. The predicted molar refractivity (Wildman–Crippen MR) is 80.5 cm³/mol. The van der Waals surface area contributed by atoms with Crippen LogP contribution in [0.25, 0.3) is 0 Å². The zero-order chi connectivity index (χ0) is 16.0. The van der Waals surface area contributed by atoms with Gasteiger partial charge >= 0.3 is 12.0 Å². The Bertz CT molecular complexity index is 432. The number of nitrogens with one attached hydrogen (secondary N) is 2. The molecule has 0 aromatic heterocycles. The maximum Gasteiger partial charge on any atom is 0.337 e. The molecular formula is C14H26N4O3. The quantitative estimate of drug-likeness (QED) is 0.576. The highest BCUT2D eigenvalue weighted by molar-refractivity contribution is 5.93. The summed E-state index contributed by atoms with van der Waals surface area (Å²) in [7, 11) is 1.93. The fraction of sp³-hybridized carbons (Fsp3) is 0.714. The van der Waals surface area contributed by atoms with Gasteiger partial charge in [-0.25, -0.2) is 9.59 Å². The van der Waals surface area contributed by atoms with Crippen molar-refractivity contribution in [1.82, 2.24) is 15.5 Å². The number of ether oxygens (including phenoxy) is 1. The molecule has 7 nitrogen and oxygen atoms in total. The molecule has 0 atom stereocenters. The molecule has 120 valence electrons. The second-order valence-corrected chi connectivity index (χ2v) is 6.03. The van der Waals surface area contributed by atoms with Gasteiger partial charge in [-0.3, -0.25) is 0 Å². The van der Waals surface area contributed by atoms with Crippen molar-refractivity contribution in [1.29, 1.82) is 0 Å². The maximum atomic E-state index is 11.9. The monoisotopic (exact) mass is 298 g/mol. The Morgan fingerprint density at radius 3 is 2.71 bits per heavy atom. The molecule has 0 bridgehead atoms. The van der Waals surface area contributed by atoms with Gasteiger partial charge < -0.3 is 26.0 Å². The lowest BCUT2D eigenvalue weighted by atomic mass is 9.93. The number of nitrogens with zero attached hydrogens (tertiary/aromatic N) is 1. The molecule has 0 spiro atoms. The molecule has 0 saturated heterocycles. The Hall–Kier alpha value is -1.60. The Labute approximate surface area is 125 Å². The molecule has 1 aliphatic rings. The first kappa shape index (κ1) is 17.5. The lowest BCUT2D eigenvalue weighted by molar-refractivity contribution is -0.138. The third-order valence-corrected chi connectivity index (χ3v) is 3.25. The SMILES string of the molecule is CCOC(=O)C1=C(CN(C)CC(C)(C)CN)NC(=O)NC1.